The summed E-state index contributed by atoms with van der Waals surface area (Å²) in [6.07, 6.45) is 1.47. The van der Waals surface area contributed by atoms with Gasteiger partial charge in [-0.15, -0.1) is 0 Å². The summed E-state index contributed by atoms with van der Waals surface area (Å²) in [5.41, 5.74) is 4.87. The second-order valence-electron chi connectivity index (χ2n) is 3.87. The van der Waals surface area contributed by atoms with Gasteiger partial charge in [-0.3, -0.25) is 20.6 Å². The highest BCUT2D eigenvalue weighted by molar-refractivity contribution is 7.80. The normalized spacial score (nSPS) is 9.81. The molecule has 0 fully saturated rings. The molecule has 108 valence electrons. The van der Waals surface area contributed by atoms with Crippen LogP contribution in [0.25, 0.3) is 0 Å². The standard InChI is InChI=1S/C13H10F2N4OS/c14-8-4-5-10(9(15)7-8)17-13(21)19-18-12(20)11-3-1-2-6-16-11/h1-7H,(H,18,20)(H2,17,19,21). The molecule has 2 aromatic rings. The van der Waals surface area contributed by atoms with Gasteiger partial charge < -0.3 is 5.32 Å². The fraction of sp³-hybridized carbons (Fsp3) is 0. The number of halogens is 2. The van der Waals surface area contributed by atoms with E-state index in [0.717, 1.165) is 12.1 Å². The van der Waals surface area contributed by atoms with Crippen molar-refractivity contribution in [1.29, 1.82) is 0 Å². The zero-order chi connectivity index (χ0) is 15.2. The molecule has 0 aliphatic heterocycles. The number of benzene rings is 1. The number of rotatable bonds is 2. The van der Waals surface area contributed by atoms with Gasteiger partial charge in [-0.1, -0.05) is 6.07 Å². The number of hydrogen-bond acceptors (Lipinski definition) is 3. The summed E-state index contributed by atoms with van der Waals surface area (Å²) in [7, 11) is 0. The van der Waals surface area contributed by atoms with Crippen LogP contribution in [0.1, 0.15) is 10.5 Å². The largest absolute Gasteiger partial charge is 0.329 e. The van der Waals surface area contributed by atoms with Crippen molar-refractivity contribution in [3.8, 4) is 0 Å². The van der Waals surface area contributed by atoms with E-state index in [9.17, 15) is 13.6 Å². The van der Waals surface area contributed by atoms with E-state index in [2.05, 4.69) is 21.2 Å². The lowest BCUT2D eigenvalue weighted by molar-refractivity contribution is 0.0939. The van der Waals surface area contributed by atoms with Crippen LogP contribution < -0.4 is 16.2 Å². The highest BCUT2D eigenvalue weighted by Crippen LogP contribution is 2.14. The molecule has 0 saturated carbocycles. The Labute approximate surface area is 124 Å². The van der Waals surface area contributed by atoms with E-state index in [4.69, 9.17) is 12.2 Å². The Kier molecular flexibility index (Phi) is 4.72. The highest BCUT2D eigenvalue weighted by Gasteiger charge is 2.08. The summed E-state index contributed by atoms with van der Waals surface area (Å²) in [6, 6.07) is 7.85. The number of hydrogen-bond donors (Lipinski definition) is 3. The van der Waals surface area contributed by atoms with Crippen LogP contribution in [0, 0.1) is 11.6 Å². The maximum absolute atomic E-state index is 13.4. The number of nitrogens with one attached hydrogen (secondary N) is 3. The molecule has 0 atom stereocenters. The Balaban J connectivity index is 1.89. The first kappa shape index (κ1) is 14.8. The topological polar surface area (TPSA) is 66.1 Å². The van der Waals surface area contributed by atoms with Crippen LogP contribution in [0.15, 0.2) is 42.6 Å². The van der Waals surface area contributed by atoms with E-state index in [1.807, 2.05) is 0 Å². The molecule has 0 aliphatic rings. The Bertz CT molecular complexity index is 666. The minimum Gasteiger partial charge on any atom is -0.329 e. The number of pyridine rings is 1. The van der Waals surface area contributed by atoms with Crippen molar-refractivity contribution in [3.63, 3.8) is 0 Å². The number of thiocarbonyl (C=S) groups is 1. The van der Waals surface area contributed by atoms with Gasteiger partial charge in [-0.25, -0.2) is 8.78 Å². The fourth-order valence-electron chi connectivity index (χ4n) is 1.42. The maximum Gasteiger partial charge on any atom is 0.288 e. The van der Waals surface area contributed by atoms with Gasteiger partial charge in [-0.05, 0) is 36.5 Å². The van der Waals surface area contributed by atoms with E-state index in [0.29, 0.717) is 0 Å². The number of aromatic nitrogens is 1. The lowest BCUT2D eigenvalue weighted by Crippen LogP contribution is -2.44. The van der Waals surface area contributed by atoms with Crippen LogP contribution in [0.4, 0.5) is 14.5 Å². The monoisotopic (exact) mass is 308 g/mol. The van der Waals surface area contributed by atoms with Gasteiger partial charge in [0, 0.05) is 12.3 Å². The van der Waals surface area contributed by atoms with Crippen molar-refractivity contribution < 1.29 is 13.6 Å². The van der Waals surface area contributed by atoms with Gasteiger partial charge in [0.15, 0.2) is 5.11 Å². The summed E-state index contributed by atoms with van der Waals surface area (Å²) < 4.78 is 26.1. The quantitative estimate of drug-likeness (QED) is 0.585. The third-order valence-corrected chi connectivity index (χ3v) is 2.57. The van der Waals surface area contributed by atoms with E-state index in [-0.39, 0.29) is 16.5 Å². The number of carbonyl (C=O) groups is 1. The van der Waals surface area contributed by atoms with Gasteiger partial charge in [0.25, 0.3) is 5.91 Å². The zero-order valence-electron chi connectivity index (χ0n) is 10.6. The van der Waals surface area contributed by atoms with Crippen LogP contribution in [0.5, 0.6) is 0 Å². The first-order chi connectivity index (χ1) is 10.1. The molecule has 1 amide bonds. The third kappa shape index (κ3) is 4.18. The molecule has 1 aromatic heterocycles. The lowest BCUT2D eigenvalue weighted by atomic mass is 10.3. The molecule has 0 aliphatic carbocycles. The number of hydrazine groups is 1. The van der Waals surface area contributed by atoms with Crippen molar-refractivity contribution in [2.75, 3.05) is 5.32 Å². The fourth-order valence-corrected chi connectivity index (χ4v) is 1.58. The maximum atomic E-state index is 13.4. The molecule has 0 saturated heterocycles. The van der Waals surface area contributed by atoms with Crippen molar-refractivity contribution in [3.05, 3.63) is 59.9 Å². The highest BCUT2D eigenvalue weighted by atomic mass is 32.1. The minimum absolute atomic E-state index is 0.0130. The third-order valence-electron chi connectivity index (χ3n) is 2.37. The number of amides is 1. The summed E-state index contributed by atoms with van der Waals surface area (Å²) >= 11 is 4.88. The molecule has 21 heavy (non-hydrogen) atoms. The summed E-state index contributed by atoms with van der Waals surface area (Å²) in [4.78, 5) is 15.5. The first-order valence-corrected chi connectivity index (χ1v) is 6.20. The Morgan fingerprint density at radius 1 is 1.14 bits per heavy atom. The average molecular weight is 308 g/mol. The van der Waals surface area contributed by atoms with Gasteiger partial charge in [0.1, 0.15) is 17.3 Å². The SMILES string of the molecule is O=C(NNC(=S)Nc1ccc(F)cc1F)c1ccccn1. The molecule has 1 heterocycles. The summed E-state index contributed by atoms with van der Waals surface area (Å²) in [6.45, 7) is 0. The van der Waals surface area contributed by atoms with Crippen molar-refractivity contribution in [1.82, 2.24) is 15.8 Å². The van der Waals surface area contributed by atoms with E-state index < -0.39 is 17.5 Å². The smallest absolute Gasteiger partial charge is 0.288 e. The molecular weight excluding hydrogens is 298 g/mol. The second kappa shape index (κ2) is 6.71. The van der Waals surface area contributed by atoms with Gasteiger partial charge in [0.2, 0.25) is 0 Å². The number of carbonyl (C=O) groups excluding carboxylic acids is 1. The second-order valence-corrected chi connectivity index (χ2v) is 4.28. The van der Waals surface area contributed by atoms with Crippen LogP contribution in [-0.4, -0.2) is 16.0 Å². The molecule has 2 rings (SSSR count). The zero-order valence-corrected chi connectivity index (χ0v) is 11.4. The van der Waals surface area contributed by atoms with E-state index in [1.165, 1.54) is 18.3 Å². The Morgan fingerprint density at radius 2 is 1.95 bits per heavy atom. The van der Waals surface area contributed by atoms with Crippen LogP contribution in [-0.2, 0) is 0 Å². The van der Waals surface area contributed by atoms with Gasteiger partial charge in [-0.2, -0.15) is 0 Å². The predicted molar refractivity (Wildman–Crippen MR) is 77.4 cm³/mol. The Hall–Kier alpha value is -2.61. The number of nitrogens with zero attached hydrogens (tertiary/aromatic N) is 1. The average Bonchev–Trinajstić information content (AvgIpc) is 2.48. The van der Waals surface area contributed by atoms with Crippen LogP contribution in [0.3, 0.4) is 0 Å². The van der Waals surface area contributed by atoms with Crippen molar-refractivity contribution in [2.45, 2.75) is 0 Å². The molecule has 3 N–H and O–H groups in total. The number of anilines is 1. The van der Waals surface area contributed by atoms with E-state index in [1.54, 1.807) is 12.1 Å². The predicted octanol–water partition coefficient (Wildman–Crippen LogP) is 1.99. The van der Waals surface area contributed by atoms with Gasteiger partial charge >= 0.3 is 0 Å². The first-order valence-electron chi connectivity index (χ1n) is 5.79. The minimum atomic E-state index is -0.796. The van der Waals surface area contributed by atoms with Crippen molar-refractivity contribution in [2.24, 2.45) is 0 Å². The van der Waals surface area contributed by atoms with Crippen LogP contribution >= 0.6 is 12.2 Å². The van der Waals surface area contributed by atoms with Crippen LogP contribution in [0.2, 0.25) is 0 Å². The molecular formula is C13H10F2N4OS. The Morgan fingerprint density at radius 3 is 2.62 bits per heavy atom. The molecule has 0 bridgehead atoms. The molecule has 0 radical (unpaired) electrons. The lowest BCUT2D eigenvalue weighted by Gasteiger charge is -2.11. The summed E-state index contributed by atoms with van der Waals surface area (Å²) in [5, 5.41) is 2.44. The molecule has 5 nitrogen and oxygen atoms in total. The molecule has 8 heteroatoms. The molecule has 1 aromatic carbocycles. The molecule has 0 spiro atoms. The molecule has 0 unspecified atom stereocenters. The van der Waals surface area contributed by atoms with E-state index >= 15 is 0 Å². The van der Waals surface area contributed by atoms with Gasteiger partial charge in [0.05, 0.1) is 5.69 Å². The van der Waals surface area contributed by atoms with Crippen molar-refractivity contribution >= 4 is 28.9 Å². The summed E-state index contributed by atoms with van der Waals surface area (Å²) in [5.74, 6) is -1.99.